The van der Waals surface area contributed by atoms with Crippen LogP contribution in [0.1, 0.15) is 43.0 Å². The van der Waals surface area contributed by atoms with E-state index in [0.717, 1.165) is 12.8 Å². The van der Waals surface area contributed by atoms with Crippen LogP contribution in [0.5, 0.6) is 11.5 Å². The molecule has 1 saturated heterocycles. The molecule has 0 bridgehead atoms. The van der Waals surface area contributed by atoms with Crippen molar-refractivity contribution >= 4 is 23.8 Å². The zero-order chi connectivity index (χ0) is 21.9. The number of nitrogens with one attached hydrogen (secondary N) is 2. The number of nitrogens with zero attached hydrogens (tertiary/aromatic N) is 1. The predicted octanol–water partition coefficient (Wildman–Crippen LogP) is 1.39. The van der Waals surface area contributed by atoms with Gasteiger partial charge in [-0.1, -0.05) is 6.92 Å². The van der Waals surface area contributed by atoms with Gasteiger partial charge in [0.2, 0.25) is 0 Å². The highest BCUT2D eigenvalue weighted by atomic mass is 16.5. The lowest BCUT2D eigenvalue weighted by Gasteiger charge is -2.33. The smallest absolute Gasteiger partial charge is 0.344 e. The quantitative estimate of drug-likeness (QED) is 0.528. The number of methoxy groups -OCH3 is 2. The molecule has 1 spiro atoms. The van der Waals surface area contributed by atoms with Crippen molar-refractivity contribution in [2.24, 2.45) is 5.92 Å². The number of hydrogen-bond acceptors (Lipinski definition) is 7. The average molecular weight is 419 g/mol. The van der Waals surface area contributed by atoms with Crippen molar-refractivity contribution in [1.29, 1.82) is 0 Å². The maximum absolute atomic E-state index is 12.7. The molecule has 1 aromatic carbocycles. The van der Waals surface area contributed by atoms with Crippen molar-refractivity contribution in [3.63, 3.8) is 0 Å². The second-order valence-corrected chi connectivity index (χ2v) is 7.51. The molecule has 1 aromatic rings. The second-order valence-electron chi connectivity index (χ2n) is 7.51. The number of hydrazine groups is 1. The number of ether oxygens (including phenoxy) is 3. The Balaban J connectivity index is 1.59. The van der Waals surface area contributed by atoms with Crippen molar-refractivity contribution in [2.45, 2.75) is 38.1 Å². The van der Waals surface area contributed by atoms with Gasteiger partial charge in [-0.05, 0) is 49.8 Å². The van der Waals surface area contributed by atoms with Crippen LogP contribution in [0.2, 0.25) is 0 Å². The molecule has 162 valence electrons. The molecule has 2 fully saturated rings. The fraction of sp³-hybridized carbons (Fsp3) is 0.500. The van der Waals surface area contributed by atoms with Crippen molar-refractivity contribution in [3.8, 4) is 11.5 Å². The fourth-order valence-electron chi connectivity index (χ4n) is 3.66. The number of carbonyl (C=O) groups excluding carboxylic acids is 4. The van der Waals surface area contributed by atoms with Gasteiger partial charge in [0, 0.05) is 0 Å². The highest BCUT2D eigenvalue weighted by Gasteiger charge is 2.52. The van der Waals surface area contributed by atoms with Gasteiger partial charge in [-0.25, -0.2) is 9.59 Å². The Morgan fingerprint density at radius 1 is 1.20 bits per heavy atom. The van der Waals surface area contributed by atoms with Crippen LogP contribution in [-0.4, -0.2) is 55.2 Å². The van der Waals surface area contributed by atoms with Gasteiger partial charge in [-0.15, -0.1) is 0 Å². The first-order chi connectivity index (χ1) is 14.3. The molecule has 30 heavy (non-hydrogen) atoms. The molecule has 1 heterocycles. The molecule has 10 nitrogen and oxygen atoms in total. The molecule has 1 aliphatic heterocycles. The van der Waals surface area contributed by atoms with Gasteiger partial charge in [0.25, 0.3) is 11.8 Å². The van der Waals surface area contributed by atoms with Crippen molar-refractivity contribution < 1.29 is 33.4 Å². The maximum Gasteiger partial charge on any atom is 0.344 e. The van der Waals surface area contributed by atoms with E-state index in [1.807, 2.05) is 0 Å². The SMILES string of the molecule is COc1ccc(OC)c(C(=O)OCC(=O)NN2C(=O)NC3(CCC(C)CC3)C2=O)c1. The van der Waals surface area contributed by atoms with Gasteiger partial charge < -0.3 is 19.5 Å². The van der Waals surface area contributed by atoms with Gasteiger partial charge in [0.1, 0.15) is 22.6 Å². The first-order valence-electron chi connectivity index (χ1n) is 9.65. The molecule has 2 aliphatic rings. The van der Waals surface area contributed by atoms with Crippen LogP contribution in [-0.2, 0) is 14.3 Å². The Labute approximate surface area is 173 Å². The third-order valence-corrected chi connectivity index (χ3v) is 5.49. The van der Waals surface area contributed by atoms with Gasteiger partial charge in [-0.2, -0.15) is 5.01 Å². The van der Waals surface area contributed by atoms with Crippen molar-refractivity contribution in [1.82, 2.24) is 15.8 Å². The zero-order valence-corrected chi connectivity index (χ0v) is 17.1. The summed E-state index contributed by atoms with van der Waals surface area (Å²) in [5.41, 5.74) is 1.33. The van der Waals surface area contributed by atoms with Gasteiger partial charge in [0.05, 0.1) is 14.2 Å². The summed E-state index contributed by atoms with van der Waals surface area (Å²) < 4.78 is 15.2. The Morgan fingerprint density at radius 3 is 2.53 bits per heavy atom. The second kappa shape index (κ2) is 8.60. The lowest BCUT2D eigenvalue weighted by atomic mass is 9.77. The van der Waals surface area contributed by atoms with Crippen LogP contribution in [0.25, 0.3) is 0 Å². The first-order valence-corrected chi connectivity index (χ1v) is 9.65. The minimum absolute atomic E-state index is 0.0786. The third kappa shape index (κ3) is 4.17. The van der Waals surface area contributed by atoms with Gasteiger partial charge in [0.15, 0.2) is 6.61 Å². The highest BCUT2D eigenvalue weighted by molar-refractivity contribution is 6.08. The van der Waals surface area contributed by atoms with Gasteiger partial charge in [-0.3, -0.25) is 15.0 Å². The molecule has 0 atom stereocenters. The van der Waals surface area contributed by atoms with Crippen molar-refractivity contribution in [3.05, 3.63) is 23.8 Å². The standard InChI is InChI=1S/C20H25N3O7/c1-12-6-8-20(9-7-12)18(26)23(19(27)21-20)22-16(24)11-30-17(25)14-10-13(28-2)4-5-15(14)29-3/h4-5,10,12H,6-9,11H2,1-3H3,(H,21,27)(H,22,24). The molecule has 0 aromatic heterocycles. The van der Waals surface area contributed by atoms with E-state index < -0.39 is 36.0 Å². The molecule has 1 saturated carbocycles. The Kier molecular flexibility index (Phi) is 6.14. The van der Waals surface area contributed by atoms with Crippen LogP contribution in [0, 0.1) is 5.92 Å². The molecule has 3 rings (SSSR count). The van der Waals surface area contributed by atoms with Crippen LogP contribution in [0.3, 0.4) is 0 Å². The number of urea groups is 1. The first kappa shape index (κ1) is 21.4. The molecule has 1 aliphatic carbocycles. The van der Waals surface area contributed by atoms with Crippen LogP contribution in [0.4, 0.5) is 4.79 Å². The van der Waals surface area contributed by atoms with Crippen LogP contribution >= 0.6 is 0 Å². The summed E-state index contributed by atoms with van der Waals surface area (Å²) in [6, 6.07) is 3.88. The summed E-state index contributed by atoms with van der Waals surface area (Å²) >= 11 is 0. The van der Waals surface area contributed by atoms with E-state index in [9.17, 15) is 19.2 Å². The minimum Gasteiger partial charge on any atom is -0.497 e. The Bertz CT molecular complexity index is 862. The summed E-state index contributed by atoms with van der Waals surface area (Å²) in [5.74, 6) is -0.960. The summed E-state index contributed by atoms with van der Waals surface area (Å²) in [4.78, 5) is 49.5. The number of carbonyl (C=O) groups is 4. The number of amides is 4. The monoisotopic (exact) mass is 419 g/mol. The molecule has 0 unspecified atom stereocenters. The lowest BCUT2D eigenvalue weighted by molar-refractivity contribution is -0.141. The molecular weight excluding hydrogens is 394 g/mol. The molecule has 10 heteroatoms. The molecule has 4 amide bonds. The summed E-state index contributed by atoms with van der Waals surface area (Å²) in [7, 11) is 2.84. The summed E-state index contributed by atoms with van der Waals surface area (Å²) in [5, 5.41) is 3.36. The Morgan fingerprint density at radius 2 is 1.90 bits per heavy atom. The van der Waals surface area contributed by atoms with Crippen molar-refractivity contribution in [2.75, 3.05) is 20.8 Å². The zero-order valence-electron chi connectivity index (χ0n) is 17.1. The van der Waals surface area contributed by atoms with Crippen LogP contribution < -0.4 is 20.2 Å². The maximum atomic E-state index is 12.7. The summed E-state index contributed by atoms with van der Waals surface area (Å²) in [6.07, 6.45) is 2.67. The lowest BCUT2D eigenvalue weighted by Crippen LogP contribution is -2.52. The van der Waals surface area contributed by atoms with E-state index in [0.29, 0.717) is 29.5 Å². The fourth-order valence-corrected chi connectivity index (χ4v) is 3.66. The van der Waals surface area contributed by atoms with E-state index in [4.69, 9.17) is 14.2 Å². The van der Waals surface area contributed by atoms with E-state index in [1.165, 1.54) is 26.4 Å². The number of rotatable bonds is 6. The predicted molar refractivity (Wildman–Crippen MR) is 104 cm³/mol. The molecular formula is C20H25N3O7. The van der Waals surface area contributed by atoms with Gasteiger partial charge >= 0.3 is 12.0 Å². The van der Waals surface area contributed by atoms with E-state index in [-0.39, 0.29) is 11.3 Å². The van der Waals surface area contributed by atoms with E-state index in [1.54, 1.807) is 6.07 Å². The largest absolute Gasteiger partial charge is 0.497 e. The number of benzene rings is 1. The molecule has 2 N–H and O–H groups in total. The van der Waals surface area contributed by atoms with E-state index >= 15 is 0 Å². The third-order valence-electron chi connectivity index (χ3n) is 5.49. The Hall–Kier alpha value is -3.30. The topological polar surface area (TPSA) is 123 Å². The number of esters is 1. The van der Waals surface area contributed by atoms with E-state index in [2.05, 4.69) is 17.7 Å². The number of imide groups is 1. The normalized spacial score (nSPS) is 23.2. The van der Waals surface area contributed by atoms with Crippen LogP contribution in [0.15, 0.2) is 18.2 Å². The minimum atomic E-state index is -0.971. The molecule has 0 radical (unpaired) electrons. The number of hydrogen-bond donors (Lipinski definition) is 2. The summed E-state index contributed by atoms with van der Waals surface area (Å²) in [6.45, 7) is 1.42. The highest BCUT2D eigenvalue weighted by Crippen LogP contribution is 2.35. The average Bonchev–Trinajstić information content (AvgIpc) is 2.97.